The summed E-state index contributed by atoms with van der Waals surface area (Å²) in [7, 11) is 0. The highest BCUT2D eigenvalue weighted by molar-refractivity contribution is 4.87. The highest BCUT2D eigenvalue weighted by Gasteiger charge is 2.34. The third-order valence-corrected chi connectivity index (χ3v) is 5.49. The lowest BCUT2D eigenvalue weighted by Crippen LogP contribution is -2.41. The Morgan fingerprint density at radius 2 is 1.95 bits per heavy atom. The van der Waals surface area contributed by atoms with Crippen LogP contribution in [0, 0.1) is 17.3 Å². The van der Waals surface area contributed by atoms with E-state index in [0.717, 1.165) is 18.9 Å². The lowest BCUT2D eigenvalue weighted by atomic mass is 9.70. The minimum atomic E-state index is -0.0572. The third kappa shape index (κ3) is 4.46. The Bertz CT molecular complexity index is 276. The highest BCUT2D eigenvalue weighted by atomic mass is 16.3. The van der Waals surface area contributed by atoms with Crippen molar-refractivity contribution in [1.82, 2.24) is 4.90 Å². The van der Waals surface area contributed by atoms with Crippen LogP contribution in [0.25, 0.3) is 0 Å². The van der Waals surface area contributed by atoms with Crippen LogP contribution in [0.3, 0.4) is 0 Å². The van der Waals surface area contributed by atoms with Crippen LogP contribution in [0.5, 0.6) is 0 Å². The maximum Gasteiger partial charge on any atom is 0.0581 e. The molecule has 1 N–H and O–H groups in total. The molecule has 0 aromatic heterocycles. The van der Waals surface area contributed by atoms with Gasteiger partial charge in [0, 0.05) is 6.54 Å². The Morgan fingerprint density at radius 3 is 2.68 bits per heavy atom. The van der Waals surface area contributed by atoms with Gasteiger partial charge >= 0.3 is 0 Å². The van der Waals surface area contributed by atoms with Crippen LogP contribution in [-0.4, -0.2) is 35.7 Å². The fraction of sp³-hybridized carbons (Fsp3) is 1.00. The molecule has 2 nitrogen and oxygen atoms in total. The predicted octanol–water partition coefficient (Wildman–Crippen LogP) is 3.69. The molecule has 1 aliphatic heterocycles. The summed E-state index contributed by atoms with van der Waals surface area (Å²) in [5.74, 6) is 1.44. The molecule has 2 aliphatic rings. The summed E-state index contributed by atoms with van der Waals surface area (Å²) < 4.78 is 0. The van der Waals surface area contributed by atoms with Gasteiger partial charge in [0.25, 0.3) is 0 Å². The van der Waals surface area contributed by atoms with E-state index in [2.05, 4.69) is 25.7 Å². The van der Waals surface area contributed by atoms with Gasteiger partial charge in [-0.2, -0.15) is 0 Å². The first-order valence-electron chi connectivity index (χ1n) is 8.40. The Kier molecular flexibility index (Phi) is 5.30. The number of hydrogen-bond acceptors (Lipinski definition) is 2. The summed E-state index contributed by atoms with van der Waals surface area (Å²) in [6.45, 7) is 10.7. The SMILES string of the molecule is CCC1CCCN(CC2CC(C)(C)CCC2O)CC1. The van der Waals surface area contributed by atoms with Gasteiger partial charge < -0.3 is 10.0 Å². The molecule has 19 heavy (non-hydrogen) atoms. The summed E-state index contributed by atoms with van der Waals surface area (Å²) in [5.41, 5.74) is 0.432. The molecule has 0 radical (unpaired) electrons. The summed E-state index contributed by atoms with van der Waals surface area (Å²) in [5, 5.41) is 10.3. The van der Waals surface area contributed by atoms with Crippen LogP contribution in [0.4, 0.5) is 0 Å². The molecule has 1 saturated heterocycles. The van der Waals surface area contributed by atoms with Gasteiger partial charge in [0.05, 0.1) is 6.10 Å². The van der Waals surface area contributed by atoms with Gasteiger partial charge in [-0.15, -0.1) is 0 Å². The van der Waals surface area contributed by atoms with E-state index in [-0.39, 0.29) is 6.10 Å². The van der Waals surface area contributed by atoms with Crippen LogP contribution in [0.1, 0.15) is 65.7 Å². The first-order valence-corrected chi connectivity index (χ1v) is 8.40. The van der Waals surface area contributed by atoms with Crippen molar-refractivity contribution in [2.75, 3.05) is 19.6 Å². The van der Waals surface area contributed by atoms with Crippen LogP contribution in [0.2, 0.25) is 0 Å². The van der Waals surface area contributed by atoms with Gasteiger partial charge in [-0.3, -0.25) is 0 Å². The zero-order valence-corrected chi connectivity index (χ0v) is 13.2. The molecule has 0 aromatic rings. The number of likely N-dealkylation sites (tertiary alicyclic amines) is 1. The van der Waals surface area contributed by atoms with Crippen LogP contribution >= 0.6 is 0 Å². The highest BCUT2D eigenvalue weighted by Crippen LogP contribution is 2.39. The second-order valence-corrected chi connectivity index (χ2v) is 7.74. The molecule has 2 heteroatoms. The lowest BCUT2D eigenvalue weighted by Gasteiger charge is -2.40. The van der Waals surface area contributed by atoms with E-state index in [4.69, 9.17) is 0 Å². The van der Waals surface area contributed by atoms with Crippen molar-refractivity contribution < 1.29 is 5.11 Å². The molecule has 3 atom stereocenters. The third-order valence-electron chi connectivity index (χ3n) is 5.49. The smallest absolute Gasteiger partial charge is 0.0581 e. The molecule has 1 saturated carbocycles. The van der Waals surface area contributed by atoms with Gasteiger partial charge in [-0.1, -0.05) is 27.2 Å². The van der Waals surface area contributed by atoms with Gasteiger partial charge in [-0.05, 0) is 68.9 Å². The number of hydrogen-bond donors (Lipinski definition) is 1. The van der Waals surface area contributed by atoms with Crippen molar-refractivity contribution in [3.8, 4) is 0 Å². The molecule has 112 valence electrons. The largest absolute Gasteiger partial charge is 0.393 e. The van der Waals surface area contributed by atoms with Crippen molar-refractivity contribution in [3.63, 3.8) is 0 Å². The standard InChI is InChI=1S/C17H33NO/c1-4-14-6-5-10-18(11-8-14)13-15-12-17(2,3)9-7-16(15)19/h14-16,19H,4-13H2,1-3H3. The van der Waals surface area contributed by atoms with Gasteiger partial charge in [0.1, 0.15) is 0 Å². The maximum atomic E-state index is 10.3. The summed E-state index contributed by atoms with van der Waals surface area (Å²) in [6, 6.07) is 0. The second-order valence-electron chi connectivity index (χ2n) is 7.74. The minimum absolute atomic E-state index is 0.0572. The average Bonchev–Trinajstić information content (AvgIpc) is 2.59. The van der Waals surface area contributed by atoms with E-state index >= 15 is 0 Å². The van der Waals surface area contributed by atoms with E-state index in [1.165, 1.54) is 51.6 Å². The number of aliphatic hydroxyl groups is 1. The Labute approximate surface area is 119 Å². The number of rotatable bonds is 3. The second kappa shape index (κ2) is 6.58. The topological polar surface area (TPSA) is 23.5 Å². The van der Waals surface area contributed by atoms with Crippen molar-refractivity contribution in [2.24, 2.45) is 17.3 Å². The van der Waals surface area contributed by atoms with Crippen LogP contribution in [0.15, 0.2) is 0 Å². The van der Waals surface area contributed by atoms with E-state index in [9.17, 15) is 5.11 Å². The van der Waals surface area contributed by atoms with Gasteiger partial charge in [0.15, 0.2) is 0 Å². The monoisotopic (exact) mass is 267 g/mol. The average molecular weight is 267 g/mol. The zero-order chi connectivity index (χ0) is 13.9. The van der Waals surface area contributed by atoms with Crippen LogP contribution < -0.4 is 0 Å². The Hall–Kier alpha value is -0.0800. The first kappa shape index (κ1) is 15.3. The van der Waals surface area contributed by atoms with E-state index in [1.54, 1.807) is 0 Å². The molecule has 0 bridgehead atoms. The molecule has 0 spiro atoms. The molecule has 2 fully saturated rings. The zero-order valence-electron chi connectivity index (χ0n) is 13.2. The summed E-state index contributed by atoms with van der Waals surface area (Å²) in [6.07, 6.45) is 8.79. The molecule has 1 heterocycles. The maximum absolute atomic E-state index is 10.3. The summed E-state index contributed by atoms with van der Waals surface area (Å²) >= 11 is 0. The first-order chi connectivity index (χ1) is 9.00. The molecule has 2 rings (SSSR count). The predicted molar refractivity (Wildman–Crippen MR) is 81.2 cm³/mol. The summed E-state index contributed by atoms with van der Waals surface area (Å²) in [4.78, 5) is 2.63. The van der Waals surface area contributed by atoms with Crippen molar-refractivity contribution in [3.05, 3.63) is 0 Å². The Morgan fingerprint density at radius 1 is 1.16 bits per heavy atom. The molecule has 3 unspecified atom stereocenters. The van der Waals surface area contributed by atoms with E-state index in [0.29, 0.717) is 11.3 Å². The molecule has 0 aromatic carbocycles. The van der Waals surface area contributed by atoms with E-state index in [1.807, 2.05) is 0 Å². The van der Waals surface area contributed by atoms with Crippen molar-refractivity contribution >= 4 is 0 Å². The lowest BCUT2D eigenvalue weighted by molar-refractivity contribution is 0.00454. The number of nitrogens with zero attached hydrogens (tertiary/aromatic N) is 1. The molecule has 0 amide bonds. The number of aliphatic hydroxyl groups excluding tert-OH is 1. The fourth-order valence-corrected chi connectivity index (χ4v) is 4.06. The quantitative estimate of drug-likeness (QED) is 0.843. The molecular formula is C17H33NO. The van der Waals surface area contributed by atoms with E-state index < -0.39 is 0 Å². The Balaban J connectivity index is 1.85. The van der Waals surface area contributed by atoms with Crippen molar-refractivity contribution in [1.29, 1.82) is 0 Å². The molecular weight excluding hydrogens is 234 g/mol. The normalized spacial score (nSPS) is 36.9. The van der Waals surface area contributed by atoms with Gasteiger partial charge in [0.2, 0.25) is 0 Å². The molecule has 1 aliphatic carbocycles. The van der Waals surface area contributed by atoms with Crippen LogP contribution in [-0.2, 0) is 0 Å². The van der Waals surface area contributed by atoms with Gasteiger partial charge in [-0.25, -0.2) is 0 Å². The minimum Gasteiger partial charge on any atom is -0.393 e. The van der Waals surface area contributed by atoms with Crippen molar-refractivity contribution in [2.45, 2.75) is 71.8 Å². The fourth-order valence-electron chi connectivity index (χ4n) is 4.06.